The molecule has 0 saturated carbocycles. The van der Waals surface area contributed by atoms with E-state index in [0.717, 1.165) is 0 Å². The highest BCUT2D eigenvalue weighted by Crippen LogP contribution is 2.30. The van der Waals surface area contributed by atoms with Crippen LogP contribution in [0.1, 0.15) is 15.9 Å². The summed E-state index contributed by atoms with van der Waals surface area (Å²) in [6.07, 6.45) is 0. The van der Waals surface area contributed by atoms with Gasteiger partial charge < -0.3 is 10.1 Å². The summed E-state index contributed by atoms with van der Waals surface area (Å²) in [4.78, 5) is 12.4. The van der Waals surface area contributed by atoms with Gasteiger partial charge in [-0.2, -0.15) is 0 Å². The molecular weight excluding hydrogens is 412 g/mol. The van der Waals surface area contributed by atoms with Gasteiger partial charge in [-0.3, -0.25) is 9.52 Å². The Kier molecular flexibility index (Phi) is 6.10. The summed E-state index contributed by atoms with van der Waals surface area (Å²) >= 11 is 5.93. The molecule has 6 nitrogen and oxygen atoms in total. The Morgan fingerprint density at radius 2 is 1.69 bits per heavy atom. The molecule has 0 bridgehead atoms. The van der Waals surface area contributed by atoms with Crippen LogP contribution in [0.2, 0.25) is 5.02 Å². The second kappa shape index (κ2) is 8.55. The van der Waals surface area contributed by atoms with E-state index >= 15 is 0 Å². The molecule has 3 aromatic carbocycles. The summed E-state index contributed by atoms with van der Waals surface area (Å²) in [6.45, 7) is 1.75. The third kappa shape index (κ3) is 4.88. The van der Waals surface area contributed by atoms with Crippen LogP contribution >= 0.6 is 11.6 Å². The van der Waals surface area contributed by atoms with Crippen molar-refractivity contribution in [3.8, 4) is 5.75 Å². The van der Waals surface area contributed by atoms with Crippen molar-refractivity contribution in [2.45, 2.75) is 11.8 Å². The van der Waals surface area contributed by atoms with Gasteiger partial charge in [0, 0.05) is 10.6 Å². The summed E-state index contributed by atoms with van der Waals surface area (Å²) in [6, 6.07) is 17.7. The third-order valence-electron chi connectivity index (χ3n) is 4.20. The van der Waals surface area contributed by atoms with Crippen LogP contribution in [0, 0.1) is 6.92 Å². The first-order chi connectivity index (χ1) is 13.8. The fourth-order valence-electron chi connectivity index (χ4n) is 2.68. The first kappa shape index (κ1) is 20.7. The largest absolute Gasteiger partial charge is 0.495 e. The number of aryl methyl sites for hydroxylation is 1. The van der Waals surface area contributed by atoms with E-state index in [4.69, 9.17) is 16.3 Å². The number of rotatable bonds is 6. The lowest BCUT2D eigenvalue weighted by Crippen LogP contribution is -2.16. The van der Waals surface area contributed by atoms with Crippen LogP contribution in [-0.4, -0.2) is 21.4 Å². The number of halogens is 1. The van der Waals surface area contributed by atoms with Crippen molar-refractivity contribution in [1.82, 2.24) is 0 Å². The van der Waals surface area contributed by atoms with Crippen molar-refractivity contribution in [3.63, 3.8) is 0 Å². The van der Waals surface area contributed by atoms with Gasteiger partial charge in [-0.25, -0.2) is 8.42 Å². The van der Waals surface area contributed by atoms with Gasteiger partial charge in [0.25, 0.3) is 15.9 Å². The maximum Gasteiger partial charge on any atom is 0.261 e. The molecule has 0 aromatic heterocycles. The predicted molar refractivity (Wildman–Crippen MR) is 114 cm³/mol. The first-order valence-corrected chi connectivity index (χ1v) is 10.5. The van der Waals surface area contributed by atoms with E-state index < -0.39 is 10.0 Å². The Labute approximate surface area is 174 Å². The maximum absolute atomic E-state index is 12.8. The van der Waals surface area contributed by atoms with Crippen molar-refractivity contribution >= 4 is 38.9 Å². The van der Waals surface area contributed by atoms with Crippen LogP contribution < -0.4 is 14.8 Å². The van der Waals surface area contributed by atoms with E-state index in [-0.39, 0.29) is 16.5 Å². The molecule has 0 fully saturated rings. The van der Waals surface area contributed by atoms with Crippen molar-refractivity contribution in [1.29, 1.82) is 0 Å². The highest BCUT2D eigenvalue weighted by Gasteiger charge is 2.19. The average Bonchev–Trinajstić information content (AvgIpc) is 2.70. The number of sulfonamides is 1. The van der Waals surface area contributed by atoms with Gasteiger partial charge in [-0.15, -0.1) is 0 Å². The maximum atomic E-state index is 12.8. The smallest absolute Gasteiger partial charge is 0.261 e. The number of nitrogens with one attached hydrogen (secondary N) is 2. The number of methoxy groups -OCH3 is 1. The Morgan fingerprint density at radius 1 is 0.966 bits per heavy atom. The highest BCUT2D eigenvalue weighted by molar-refractivity contribution is 7.92. The van der Waals surface area contributed by atoms with Crippen molar-refractivity contribution in [3.05, 3.63) is 82.9 Å². The van der Waals surface area contributed by atoms with Gasteiger partial charge in [0.2, 0.25) is 0 Å². The van der Waals surface area contributed by atoms with E-state index in [9.17, 15) is 13.2 Å². The molecule has 0 unspecified atom stereocenters. The molecule has 0 atom stereocenters. The number of anilines is 2. The first-order valence-electron chi connectivity index (χ1n) is 8.63. The second-order valence-corrected chi connectivity index (χ2v) is 8.37. The number of amides is 1. The lowest BCUT2D eigenvalue weighted by molar-refractivity contribution is 0.102. The molecule has 8 heteroatoms. The molecule has 0 spiro atoms. The molecule has 150 valence electrons. The predicted octanol–water partition coefficient (Wildman–Crippen LogP) is 4.71. The van der Waals surface area contributed by atoms with Gasteiger partial charge in [0.15, 0.2) is 0 Å². The molecule has 0 radical (unpaired) electrons. The quantitative estimate of drug-likeness (QED) is 0.593. The molecule has 0 saturated heterocycles. The van der Waals surface area contributed by atoms with Gasteiger partial charge in [-0.05, 0) is 61.0 Å². The summed E-state index contributed by atoms with van der Waals surface area (Å²) < 4.78 is 33.5. The standard InChI is InChI=1S/C21H19ClN2O4S/c1-14-12-16(22)8-10-18(14)24-29(26,27)17-9-11-20(28-2)19(13-17)23-21(25)15-6-4-3-5-7-15/h3-13,24H,1-2H3,(H,23,25). The van der Waals surface area contributed by atoms with E-state index in [1.54, 1.807) is 55.5 Å². The Hall–Kier alpha value is -3.03. The zero-order valence-electron chi connectivity index (χ0n) is 15.8. The minimum atomic E-state index is -3.90. The van der Waals surface area contributed by atoms with Crippen molar-refractivity contribution < 1.29 is 17.9 Å². The number of hydrogen-bond acceptors (Lipinski definition) is 4. The Morgan fingerprint density at radius 3 is 2.34 bits per heavy atom. The summed E-state index contributed by atoms with van der Waals surface area (Å²) in [5, 5.41) is 3.21. The molecule has 0 aliphatic carbocycles. The molecule has 0 aliphatic heterocycles. The summed E-state index contributed by atoms with van der Waals surface area (Å²) in [5.41, 5.74) is 1.79. The van der Waals surface area contributed by atoms with Crippen molar-refractivity contribution in [2.24, 2.45) is 0 Å². The Bertz CT molecular complexity index is 1150. The summed E-state index contributed by atoms with van der Waals surface area (Å²) in [5.74, 6) is -0.0316. The molecule has 3 aromatic rings. The Balaban J connectivity index is 1.91. The van der Waals surface area contributed by atoms with Crippen LogP contribution in [-0.2, 0) is 10.0 Å². The van der Waals surface area contributed by atoms with Crippen LogP contribution in [0.5, 0.6) is 5.75 Å². The van der Waals surface area contributed by atoms with E-state index in [0.29, 0.717) is 27.6 Å². The fourth-order valence-corrected chi connectivity index (χ4v) is 4.06. The van der Waals surface area contributed by atoms with Crippen LogP contribution in [0.3, 0.4) is 0 Å². The number of carbonyl (C=O) groups is 1. The minimum Gasteiger partial charge on any atom is -0.495 e. The molecule has 2 N–H and O–H groups in total. The average molecular weight is 431 g/mol. The lowest BCUT2D eigenvalue weighted by atomic mass is 10.2. The number of benzene rings is 3. The van der Waals surface area contributed by atoms with Crippen LogP contribution in [0.15, 0.2) is 71.6 Å². The normalized spacial score (nSPS) is 11.0. The van der Waals surface area contributed by atoms with E-state index in [1.165, 1.54) is 25.3 Å². The molecule has 1 amide bonds. The van der Waals surface area contributed by atoms with Gasteiger partial charge in [0.1, 0.15) is 5.75 Å². The zero-order valence-corrected chi connectivity index (χ0v) is 17.3. The number of carbonyl (C=O) groups excluding carboxylic acids is 1. The van der Waals surface area contributed by atoms with Gasteiger partial charge in [0.05, 0.1) is 23.4 Å². The molecule has 0 heterocycles. The van der Waals surface area contributed by atoms with E-state index in [2.05, 4.69) is 10.0 Å². The summed E-state index contributed by atoms with van der Waals surface area (Å²) in [7, 11) is -2.46. The van der Waals surface area contributed by atoms with Crippen molar-refractivity contribution in [2.75, 3.05) is 17.1 Å². The second-order valence-electron chi connectivity index (χ2n) is 6.25. The van der Waals surface area contributed by atoms with Crippen LogP contribution in [0.25, 0.3) is 0 Å². The lowest BCUT2D eigenvalue weighted by Gasteiger charge is -2.14. The fraction of sp³-hybridized carbons (Fsp3) is 0.0952. The number of ether oxygens (including phenoxy) is 1. The number of hydrogen-bond donors (Lipinski definition) is 2. The van der Waals surface area contributed by atoms with Gasteiger partial charge in [-0.1, -0.05) is 29.8 Å². The topological polar surface area (TPSA) is 84.5 Å². The highest BCUT2D eigenvalue weighted by atomic mass is 35.5. The van der Waals surface area contributed by atoms with Crippen LogP contribution in [0.4, 0.5) is 11.4 Å². The minimum absolute atomic E-state index is 0.0176. The monoisotopic (exact) mass is 430 g/mol. The molecular formula is C21H19ClN2O4S. The SMILES string of the molecule is COc1ccc(S(=O)(=O)Nc2ccc(Cl)cc2C)cc1NC(=O)c1ccccc1. The molecule has 0 aliphatic rings. The van der Waals surface area contributed by atoms with Gasteiger partial charge >= 0.3 is 0 Å². The molecule has 29 heavy (non-hydrogen) atoms. The third-order valence-corrected chi connectivity index (χ3v) is 5.80. The van der Waals surface area contributed by atoms with E-state index in [1.807, 2.05) is 0 Å². The zero-order chi connectivity index (χ0) is 21.0. The molecule has 3 rings (SSSR count).